The Morgan fingerprint density at radius 2 is 1.57 bits per heavy atom. The molecule has 0 fully saturated rings. The minimum atomic E-state index is 0.193. The second-order valence-corrected chi connectivity index (χ2v) is 9.22. The number of ether oxygens (including phenoxy) is 1. The van der Waals surface area contributed by atoms with Gasteiger partial charge in [0.2, 0.25) is 0 Å². The van der Waals surface area contributed by atoms with Gasteiger partial charge in [0, 0.05) is 18.7 Å². The molecule has 160 valence electrons. The van der Waals surface area contributed by atoms with Gasteiger partial charge in [0.25, 0.3) is 0 Å². The summed E-state index contributed by atoms with van der Waals surface area (Å²) < 4.78 is 6.21. The summed E-state index contributed by atoms with van der Waals surface area (Å²) in [5, 5.41) is 6.18. The molecule has 30 heavy (non-hydrogen) atoms. The van der Waals surface area contributed by atoms with Crippen LogP contribution in [0.25, 0.3) is 10.8 Å². The van der Waals surface area contributed by atoms with Gasteiger partial charge >= 0.3 is 0 Å². The number of nitrogens with one attached hydrogen (secondary N) is 1. The van der Waals surface area contributed by atoms with E-state index < -0.39 is 0 Å². The van der Waals surface area contributed by atoms with Crippen LogP contribution in [0.5, 0.6) is 5.75 Å². The van der Waals surface area contributed by atoms with Crippen molar-refractivity contribution in [1.29, 1.82) is 0 Å². The molecule has 2 heteroatoms. The average Bonchev–Trinajstić information content (AvgIpc) is 2.74. The number of hydrogen-bond acceptors (Lipinski definition) is 2. The molecule has 0 amide bonds. The third-order valence-corrected chi connectivity index (χ3v) is 5.70. The predicted octanol–water partition coefficient (Wildman–Crippen LogP) is 7.39. The lowest BCUT2D eigenvalue weighted by molar-refractivity contribution is 0.302. The molecule has 0 heterocycles. The first-order valence-corrected chi connectivity index (χ1v) is 11.4. The zero-order valence-electron chi connectivity index (χ0n) is 19.1. The largest absolute Gasteiger partial charge is 0.493 e. The van der Waals surface area contributed by atoms with Gasteiger partial charge in [-0.15, -0.1) is 0 Å². The summed E-state index contributed by atoms with van der Waals surface area (Å²) in [5.41, 5.74) is 4.14. The van der Waals surface area contributed by atoms with Crippen LogP contribution >= 0.6 is 0 Å². The lowest BCUT2D eigenvalue weighted by Crippen LogP contribution is -2.15. The summed E-state index contributed by atoms with van der Waals surface area (Å²) in [7, 11) is 0. The van der Waals surface area contributed by atoms with E-state index in [0.717, 1.165) is 31.9 Å². The van der Waals surface area contributed by atoms with Crippen LogP contribution in [-0.4, -0.2) is 6.61 Å². The van der Waals surface area contributed by atoms with Crippen molar-refractivity contribution in [3.05, 3.63) is 77.4 Å². The van der Waals surface area contributed by atoms with Crippen LogP contribution in [0.3, 0.4) is 0 Å². The molecule has 0 bridgehead atoms. The van der Waals surface area contributed by atoms with Gasteiger partial charge < -0.3 is 10.1 Å². The fraction of sp³-hybridized carbons (Fsp3) is 0.429. The molecular weight excluding hydrogens is 366 g/mol. The third kappa shape index (κ3) is 6.09. The highest BCUT2D eigenvalue weighted by molar-refractivity contribution is 5.87. The average molecular weight is 404 g/mol. The first-order valence-electron chi connectivity index (χ1n) is 11.4. The van der Waals surface area contributed by atoms with E-state index in [4.69, 9.17) is 4.74 Å². The highest BCUT2D eigenvalue weighted by Gasteiger charge is 2.13. The molecule has 1 N–H and O–H groups in total. The van der Waals surface area contributed by atoms with Gasteiger partial charge in [0.15, 0.2) is 0 Å². The second-order valence-electron chi connectivity index (χ2n) is 9.22. The first kappa shape index (κ1) is 22.4. The van der Waals surface area contributed by atoms with Crippen LogP contribution in [-0.2, 0) is 18.5 Å². The Kier molecular flexibility index (Phi) is 7.93. The van der Waals surface area contributed by atoms with Crippen LogP contribution in [0, 0.1) is 0 Å². The molecule has 0 aliphatic rings. The van der Waals surface area contributed by atoms with Crippen molar-refractivity contribution >= 4 is 10.8 Å². The standard InChI is InChI=1S/C28H37NO/c1-5-6-7-10-19-30-27-18-15-23-11-8-9-12-25(23)26(27)21-29-20-22-13-16-24(17-14-22)28(2,3)4/h8-9,11-18,29H,5-7,10,19-21H2,1-4H3. The quantitative estimate of drug-likeness (QED) is 0.356. The fourth-order valence-electron chi connectivity index (χ4n) is 3.80. The van der Waals surface area contributed by atoms with E-state index in [9.17, 15) is 0 Å². The van der Waals surface area contributed by atoms with Gasteiger partial charge in [-0.1, -0.05) is 102 Å². The normalized spacial score (nSPS) is 11.7. The second kappa shape index (κ2) is 10.6. The zero-order valence-corrected chi connectivity index (χ0v) is 19.1. The maximum atomic E-state index is 6.21. The Balaban J connectivity index is 1.68. The van der Waals surface area contributed by atoms with Gasteiger partial charge in [-0.25, -0.2) is 0 Å². The number of unbranched alkanes of at least 4 members (excludes halogenated alkanes) is 3. The number of benzene rings is 3. The summed E-state index contributed by atoms with van der Waals surface area (Å²) in [6.45, 7) is 11.4. The zero-order chi connectivity index (χ0) is 21.4. The van der Waals surface area contributed by atoms with Gasteiger partial charge in [-0.05, 0) is 39.8 Å². The minimum absolute atomic E-state index is 0.193. The molecule has 0 radical (unpaired) electrons. The van der Waals surface area contributed by atoms with E-state index in [-0.39, 0.29) is 5.41 Å². The molecule has 0 saturated heterocycles. The van der Waals surface area contributed by atoms with Crippen molar-refractivity contribution in [3.63, 3.8) is 0 Å². The van der Waals surface area contributed by atoms with E-state index in [0.29, 0.717) is 0 Å². The summed E-state index contributed by atoms with van der Waals surface area (Å²) in [6.07, 6.45) is 4.89. The number of hydrogen-bond donors (Lipinski definition) is 1. The third-order valence-electron chi connectivity index (χ3n) is 5.70. The summed E-state index contributed by atoms with van der Waals surface area (Å²) in [4.78, 5) is 0. The molecule has 0 unspecified atom stereocenters. The van der Waals surface area contributed by atoms with E-state index in [2.05, 4.69) is 93.7 Å². The molecule has 3 rings (SSSR count). The van der Waals surface area contributed by atoms with Crippen LogP contribution in [0.1, 0.15) is 70.1 Å². The predicted molar refractivity (Wildman–Crippen MR) is 129 cm³/mol. The Morgan fingerprint density at radius 3 is 2.30 bits per heavy atom. The number of rotatable bonds is 10. The highest BCUT2D eigenvalue weighted by Crippen LogP contribution is 2.28. The van der Waals surface area contributed by atoms with Crippen molar-refractivity contribution in [2.75, 3.05) is 6.61 Å². The van der Waals surface area contributed by atoms with E-state index in [1.54, 1.807) is 0 Å². The Morgan fingerprint density at radius 1 is 0.800 bits per heavy atom. The van der Waals surface area contributed by atoms with E-state index in [1.165, 1.54) is 46.7 Å². The fourth-order valence-corrected chi connectivity index (χ4v) is 3.80. The molecule has 0 spiro atoms. The molecule has 0 aromatic heterocycles. The topological polar surface area (TPSA) is 21.3 Å². The summed E-state index contributed by atoms with van der Waals surface area (Å²) in [5.74, 6) is 1.01. The van der Waals surface area contributed by atoms with Gasteiger partial charge in [0.1, 0.15) is 5.75 Å². The maximum absolute atomic E-state index is 6.21. The molecule has 0 saturated carbocycles. The number of fused-ring (bicyclic) bond motifs is 1. The molecular formula is C28H37NO. The van der Waals surface area contributed by atoms with Crippen LogP contribution in [0.4, 0.5) is 0 Å². The summed E-state index contributed by atoms with van der Waals surface area (Å²) >= 11 is 0. The highest BCUT2D eigenvalue weighted by atomic mass is 16.5. The van der Waals surface area contributed by atoms with Crippen molar-refractivity contribution < 1.29 is 4.74 Å². The molecule has 0 atom stereocenters. The summed E-state index contributed by atoms with van der Waals surface area (Å²) in [6, 6.07) is 21.9. The van der Waals surface area contributed by atoms with Gasteiger partial charge in [-0.2, -0.15) is 0 Å². The van der Waals surface area contributed by atoms with Crippen molar-refractivity contribution in [1.82, 2.24) is 5.32 Å². The van der Waals surface area contributed by atoms with Crippen LogP contribution in [0.2, 0.25) is 0 Å². The van der Waals surface area contributed by atoms with Crippen molar-refractivity contribution in [2.24, 2.45) is 0 Å². The Labute approximate surface area is 182 Å². The van der Waals surface area contributed by atoms with Crippen molar-refractivity contribution in [3.8, 4) is 5.75 Å². The molecule has 0 aliphatic carbocycles. The van der Waals surface area contributed by atoms with Crippen molar-refractivity contribution in [2.45, 2.75) is 71.9 Å². The van der Waals surface area contributed by atoms with Crippen LogP contribution in [0.15, 0.2) is 60.7 Å². The maximum Gasteiger partial charge on any atom is 0.124 e. The van der Waals surface area contributed by atoms with E-state index in [1.807, 2.05) is 0 Å². The minimum Gasteiger partial charge on any atom is -0.493 e. The lowest BCUT2D eigenvalue weighted by Gasteiger charge is -2.19. The lowest BCUT2D eigenvalue weighted by atomic mass is 9.87. The smallest absolute Gasteiger partial charge is 0.124 e. The van der Waals surface area contributed by atoms with Crippen LogP contribution < -0.4 is 10.1 Å². The van der Waals surface area contributed by atoms with E-state index >= 15 is 0 Å². The monoisotopic (exact) mass is 403 g/mol. The SMILES string of the molecule is CCCCCCOc1ccc2ccccc2c1CNCc1ccc(C(C)(C)C)cc1. The molecule has 3 aromatic rings. The first-order chi connectivity index (χ1) is 14.5. The van der Waals surface area contributed by atoms with Gasteiger partial charge in [-0.3, -0.25) is 0 Å². The molecule has 3 aromatic carbocycles. The molecule has 0 aliphatic heterocycles. The Bertz CT molecular complexity index is 922. The Hall–Kier alpha value is -2.32. The van der Waals surface area contributed by atoms with Gasteiger partial charge in [0.05, 0.1) is 6.61 Å². The molecule has 2 nitrogen and oxygen atoms in total.